The number of halogens is 1. The molecule has 0 unspecified atom stereocenters. The molecule has 1 amide bonds. The Bertz CT molecular complexity index is 1040. The second-order valence-corrected chi connectivity index (χ2v) is 7.09. The number of ether oxygens (including phenoxy) is 2. The third-order valence-corrected chi connectivity index (χ3v) is 4.72. The van der Waals surface area contributed by atoms with Crippen molar-refractivity contribution in [2.45, 2.75) is 26.6 Å². The monoisotopic (exact) mass is 442 g/mol. The van der Waals surface area contributed by atoms with Crippen LogP contribution in [-0.2, 0) is 24.5 Å². The van der Waals surface area contributed by atoms with Crippen molar-refractivity contribution in [2.75, 3.05) is 20.8 Å². The summed E-state index contributed by atoms with van der Waals surface area (Å²) in [6, 6.07) is 15.5. The molecule has 3 aromatic rings. The average molecular weight is 442 g/mol. The first-order valence-corrected chi connectivity index (χ1v) is 10.2. The van der Waals surface area contributed by atoms with E-state index in [0.717, 1.165) is 11.1 Å². The number of benzene rings is 2. The summed E-state index contributed by atoms with van der Waals surface area (Å²) in [7, 11) is 3.17. The van der Waals surface area contributed by atoms with Crippen LogP contribution in [0.3, 0.4) is 0 Å². The van der Waals surface area contributed by atoms with Crippen LogP contribution in [0.25, 0.3) is 0 Å². The summed E-state index contributed by atoms with van der Waals surface area (Å²) in [5, 5.41) is 0. The van der Waals surface area contributed by atoms with Gasteiger partial charge >= 0.3 is 5.91 Å². The van der Waals surface area contributed by atoms with Crippen molar-refractivity contribution < 1.29 is 27.9 Å². The van der Waals surface area contributed by atoms with Crippen molar-refractivity contribution in [2.24, 2.45) is 0 Å². The van der Waals surface area contributed by atoms with Crippen molar-refractivity contribution in [3.8, 4) is 11.5 Å². The van der Waals surface area contributed by atoms with Gasteiger partial charge in [-0.3, -0.25) is 14.5 Å². The molecule has 170 valence electrons. The van der Waals surface area contributed by atoms with Gasteiger partial charge in [0.05, 0.1) is 27.4 Å². The highest BCUT2D eigenvalue weighted by atomic mass is 19.1. The number of amides is 1. The molecule has 0 aliphatic carbocycles. The van der Waals surface area contributed by atoms with Crippen LogP contribution in [0.5, 0.6) is 11.5 Å². The number of rotatable bonds is 11. The summed E-state index contributed by atoms with van der Waals surface area (Å²) in [6.45, 7) is 3.55. The quantitative estimate of drug-likeness (QED) is 0.446. The molecule has 2 aromatic carbocycles. The number of carbonyl (C=O) groups excluding carboxylic acids is 1. The van der Waals surface area contributed by atoms with Gasteiger partial charge in [0.2, 0.25) is 0 Å². The Morgan fingerprint density at radius 3 is 2.41 bits per heavy atom. The smallest absolute Gasteiger partial charge is 0.310 e. The van der Waals surface area contributed by atoms with Gasteiger partial charge in [0.15, 0.2) is 17.3 Å². The minimum atomic E-state index is -0.449. The zero-order chi connectivity index (χ0) is 22.9. The normalized spacial score (nSPS) is 10.9. The second-order valence-electron chi connectivity index (χ2n) is 7.09. The number of hydrogen-bond acceptors (Lipinski definition) is 6. The lowest BCUT2D eigenvalue weighted by atomic mass is 10.1. The zero-order valence-electron chi connectivity index (χ0n) is 18.4. The number of nitrogens with one attached hydrogen (secondary N) is 1. The maximum atomic E-state index is 13.7. The van der Waals surface area contributed by atoms with Gasteiger partial charge in [0.25, 0.3) is 0 Å². The third-order valence-electron chi connectivity index (χ3n) is 4.72. The molecule has 3 rings (SSSR count). The molecule has 0 saturated carbocycles. The summed E-state index contributed by atoms with van der Waals surface area (Å²) in [5.74, 6) is 1.29. The van der Waals surface area contributed by atoms with Crippen molar-refractivity contribution in [3.05, 3.63) is 83.1 Å². The van der Waals surface area contributed by atoms with E-state index in [9.17, 15) is 9.18 Å². The molecule has 1 aromatic heterocycles. The lowest BCUT2D eigenvalue weighted by molar-refractivity contribution is 0.0338. The largest absolute Gasteiger partial charge is 0.493 e. The van der Waals surface area contributed by atoms with Crippen LogP contribution in [0, 0.1) is 5.82 Å². The van der Waals surface area contributed by atoms with Gasteiger partial charge < -0.3 is 13.9 Å². The molecule has 8 heteroatoms. The van der Waals surface area contributed by atoms with Crippen molar-refractivity contribution in [1.82, 2.24) is 10.4 Å². The van der Waals surface area contributed by atoms with Gasteiger partial charge in [-0.15, -0.1) is 0 Å². The molecule has 0 saturated heterocycles. The molecule has 0 aliphatic heterocycles. The molecular weight excluding hydrogens is 415 g/mol. The van der Waals surface area contributed by atoms with E-state index in [1.807, 2.05) is 24.3 Å². The standard InChI is InChI=1S/C24H27FN2O5/c1-4-31-26-24(28)22-11-9-20(32-22)16-27(14-17-6-5-7-19(25)12-17)15-18-8-10-21(29-2)23(13-18)30-3/h5-13H,4,14-16H2,1-3H3,(H,26,28). The van der Waals surface area contributed by atoms with Gasteiger partial charge in [-0.05, 0) is 54.4 Å². The number of furan rings is 1. The Morgan fingerprint density at radius 2 is 1.72 bits per heavy atom. The first-order chi connectivity index (χ1) is 15.5. The maximum Gasteiger partial charge on any atom is 0.310 e. The number of hydrogen-bond donors (Lipinski definition) is 1. The van der Waals surface area contributed by atoms with Gasteiger partial charge in [-0.2, -0.15) is 0 Å². The molecule has 0 radical (unpaired) electrons. The van der Waals surface area contributed by atoms with Gasteiger partial charge in [0, 0.05) is 13.1 Å². The zero-order valence-corrected chi connectivity index (χ0v) is 18.4. The van der Waals surface area contributed by atoms with E-state index in [0.29, 0.717) is 43.5 Å². The topological polar surface area (TPSA) is 73.2 Å². The number of carbonyl (C=O) groups is 1. The Hall–Kier alpha value is -3.36. The van der Waals surface area contributed by atoms with Gasteiger partial charge in [-0.25, -0.2) is 9.87 Å². The number of methoxy groups -OCH3 is 2. The predicted octanol–water partition coefficient (Wildman–Crippen LogP) is 4.32. The lowest BCUT2D eigenvalue weighted by Gasteiger charge is -2.22. The van der Waals surface area contributed by atoms with E-state index < -0.39 is 5.91 Å². The summed E-state index contributed by atoms with van der Waals surface area (Å²) in [5.41, 5.74) is 4.12. The Labute approximate surface area is 186 Å². The Balaban J connectivity index is 1.80. The fourth-order valence-corrected chi connectivity index (χ4v) is 3.29. The molecule has 32 heavy (non-hydrogen) atoms. The number of nitrogens with zero attached hydrogens (tertiary/aromatic N) is 1. The average Bonchev–Trinajstić information content (AvgIpc) is 3.26. The molecule has 1 N–H and O–H groups in total. The molecule has 0 atom stereocenters. The van der Waals surface area contributed by atoms with E-state index >= 15 is 0 Å². The summed E-state index contributed by atoms with van der Waals surface area (Å²) >= 11 is 0. The molecule has 0 aliphatic rings. The fourth-order valence-electron chi connectivity index (χ4n) is 3.29. The van der Waals surface area contributed by atoms with Gasteiger partial charge in [0.1, 0.15) is 11.6 Å². The van der Waals surface area contributed by atoms with E-state index in [2.05, 4.69) is 10.4 Å². The highest BCUT2D eigenvalue weighted by Gasteiger charge is 2.16. The van der Waals surface area contributed by atoms with E-state index in [1.54, 1.807) is 39.3 Å². The Morgan fingerprint density at radius 1 is 0.969 bits per heavy atom. The van der Waals surface area contributed by atoms with Gasteiger partial charge in [-0.1, -0.05) is 18.2 Å². The summed E-state index contributed by atoms with van der Waals surface area (Å²) in [6.07, 6.45) is 0. The highest BCUT2D eigenvalue weighted by molar-refractivity contribution is 5.90. The first-order valence-electron chi connectivity index (χ1n) is 10.2. The molecule has 0 bridgehead atoms. The third kappa shape index (κ3) is 6.32. The highest BCUT2D eigenvalue weighted by Crippen LogP contribution is 2.28. The molecular formula is C24H27FN2O5. The number of hydroxylamine groups is 1. The van der Waals surface area contributed by atoms with E-state index in [-0.39, 0.29) is 11.6 Å². The van der Waals surface area contributed by atoms with Crippen LogP contribution in [0.1, 0.15) is 34.4 Å². The predicted molar refractivity (Wildman–Crippen MR) is 117 cm³/mol. The molecule has 1 heterocycles. The SMILES string of the molecule is CCONC(=O)c1ccc(CN(Cc2cccc(F)c2)Cc2ccc(OC)c(OC)c2)o1. The van der Waals surface area contributed by atoms with Crippen LogP contribution in [0.4, 0.5) is 4.39 Å². The van der Waals surface area contributed by atoms with Crippen LogP contribution in [0.15, 0.2) is 59.0 Å². The Kier molecular flexibility index (Phi) is 8.24. The van der Waals surface area contributed by atoms with Crippen molar-refractivity contribution in [1.29, 1.82) is 0 Å². The van der Waals surface area contributed by atoms with Crippen LogP contribution < -0.4 is 15.0 Å². The van der Waals surface area contributed by atoms with Crippen molar-refractivity contribution >= 4 is 5.91 Å². The van der Waals surface area contributed by atoms with E-state index in [1.165, 1.54) is 12.1 Å². The minimum absolute atomic E-state index is 0.158. The van der Waals surface area contributed by atoms with Crippen molar-refractivity contribution in [3.63, 3.8) is 0 Å². The first kappa shape index (κ1) is 23.3. The lowest BCUT2D eigenvalue weighted by Crippen LogP contribution is -2.23. The fraction of sp³-hybridized carbons (Fsp3) is 0.292. The summed E-state index contributed by atoms with van der Waals surface area (Å²) in [4.78, 5) is 19.0. The maximum absolute atomic E-state index is 13.7. The molecule has 0 spiro atoms. The van der Waals surface area contributed by atoms with E-state index in [4.69, 9.17) is 18.7 Å². The van der Waals surface area contributed by atoms with Crippen LogP contribution in [0.2, 0.25) is 0 Å². The second kappa shape index (κ2) is 11.3. The summed E-state index contributed by atoms with van der Waals surface area (Å²) < 4.78 is 30.1. The molecule has 7 nitrogen and oxygen atoms in total. The van der Waals surface area contributed by atoms with Crippen LogP contribution in [-0.4, -0.2) is 31.6 Å². The minimum Gasteiger partial charge on any atom is -0.493 e. The molecule has 0 fully saturated rings. The van der Waals surface area contributed by atoms with Crippen LogP contribution >= 0.6 is 0 Å².